The highest BCUT2D eigenvalue weighted by Gasteiger charge is 2.44. The molecule has 162 valence electrons. The highest BCUT2D eigenvalue weighted by atomic mass is 16.5. The largest absolute Gasteiger partial charge is 0.463 e. The summed E-state index contributed by atoms with van der Waals surface area (Å²) >= 11 is 0. The van der Waals surface area contributed by atoms with Crippen LogP contribution in [0, 0.1) is 12.3 Å². The normalized spacial score (nSPS) is 20.4. The molecule has 1 atom stereocenters. The van der Waals surface area contributed by atoms with Gasteiger partial charge in [-0.2, -0.15) is 0 Å². The van der Waals surface area contributed by atoms with Gasteiger partial charge in [0, 0.05) is 29.0 Å². The zero-order chi connectivity index (χ0) is 22.3. The van der Waals surface area contributed by atoms with Crippen LogP contribution < -0.4 is 5.32 Å². The van der Waals surface area contributed by atoms with Crippen molar-refractivity contribution in [3.63, 3.8) is 0 Å². The second-order valence-electron chi connectivity index (χ2n) is 9.22. The average Bonchev–Trinajstić information content (AvgIpc) is 3.16. The second-order valence-corrected chi connectivity index (χ2v) is 9.22. The fourth-order valence-corrected chi connectivity index (χ4v) is 4.58. The van der Waals surface area contributed by atoms with E-state index >= 15 is 0 Å². The van der Waals surface area contributed by atoms with Crippen LogP contribution in [0.25, 0.3) is 11.3 Å². The number of rotatable bonds is 4. The van der Waals surface area contributed by atoms with Gasteiger partial charge in [-0.1, -0.05) is 43.7 Å². The third-order valence-corrected chi connectivity index (χ3v) is 5.98. The lowest BCUT2D eigenvalue weighted by Crippen LogP contribution is -2.38. The molecule has 0 fully saturated rings. The summed E-state index contributed by atoms with van der Waals surface area (Å²) in [5.41, 5.74) is 4.64. The topological polar surface area (TPSA) is 68.5 Å². The Labute approximate surface area is 183 Å². The maximum Gasteiger partial charge on any atom is 0.336 e. The van der Waals surface area contributed by atoms with E-state index < -0.39 is 11.9 Å². The van der Waals surface area contributed by atoms with E-state index in [0.717, 1.165) is 17.7 Å². The van der Waals surface area contributed by atoms with Gasteiger partial charge >= 0.3 is 5.97 Å². The van der Waals surface area contributed by atoms with Gasteiger partial charge in [0.2, 0.25) is 0 Å². The Morgan fingerprint density at radius 3 is 2.52 bits per heavy atom. The highest BCUT2D eigenvalue weighted by Crippen LogP contribution is 2.47. The van der Waals surface area contributed by atoms with Crippen molar-refractivity contribution in [1.29, 1.82) is 0 Å². The SMILES string of the molecule is CCOC(=O)C1=C(C)NC2=C(C(=O)CC(C)(C)C2)[C@@H]1c1ccc(-c2ccc(C)cc2)o1. The molecule has 0 unspecified atom stereocenters. The molecule has 2 aromatic rings. The van der Waals surface area contributed by atoms with Crippen LogP contribution in [0.4, 0.5) is 0 Å². The Kier molecular flexibility index (Phi) is 5.38. The molecule has 0 saturated heterocycles. The molecule has 0 bridgehead atoms. The molecule has 5 heteroatoms. The number of carbonyl (C=O) groups excluding carboxylic acids is 2. The molecule has 1 aromatic carbocycles. The molecule has 2 aliphatic rings. The first-order chi connectivity index (χ1) is 14.7. The fraction of sp³-hybridized carbons (Fsp3) is 0.385. The van der Waals surface area contributed by atoms with Crippen LogP contribution in [0.5, 0.6) is 0 Å². The number of hydrogen-bond donors (Lipinski definition) is 1. The van der Waals surface area contributed by atoms with E-state index in [2.05, 4.69) is 19.2 Å². The minimum absolute atomic E-state index is 0.0475. The Morgan fingerprint density at radius 1 is 1.13 bits per heavy atom. The van der Waals surface area contributed by atoms with Crippen molar-refractivity contribution >= 4 is 11.8 Å². The molecule has 2 heterocycles. The van der Waals surface area contributed by atoms with Crippen LogP contribution in [0.3, 0.4) is 0 Å². The lowest BCUT2D eigenvalue weighted by atomic mass is 9.69. The number of aryl methyl sites for hydroxylation is 1. The first-order valence-corrected chi connectivity index (χ1v) is 10.8. The van der Waals surface area contributed by atoms with Gasteiger partial charge in [0.1, 0.15) is 11.5 Å². The molecule has 0 saturated carbocycles. The van der Waals surface area contributed by atoms with Gasteiger partial charge in [0.25, 0.3) is 0 Å². The van der Waals surface area contributed by atoms with E-state index in [1.165, 1.54) is 5.56 Å². The molecule has 4 rings (SSSR count). The molecule has 5 nitrogen and oxygen atoms in total. The molecule has 1 N–H and O–H groups in total. The summed E-state index contributed by atoms with van der Waals surface area (Å²) in [5, 5.41) is 3.33. The van der Waals surface area contributed by atoms with E-state index in [4.69, 9.17) is 9.15 Å². The number of nitrogens with one attached hydrogen (secondary N) is 1. The molecule has 1 aliphatic heterocycles. The number of benzene rings is 1. The Bertz CT molecular complexity index is 1100. The second kappa shape index (κ2) is 7.88. The van der Waals surface area contributed by atoms with Gasteiger partial charge in [0.15, 0.2) is 5.78 Å². The lowest BCUT2D eigenvalue weighted by Gasteiger charge is -2.38. The molecular weight excluding hydrogens is 390 g/mol. The smallest absolute Gasteiger partial charge is 0.336 e. The minimum Gasteiger partial charge on any atom is -0.463 e. The number of dihydropyridines is 1. The number of ether oxygens (including phenoxy) is 1. The molecule has 31 heavy (non-hydrogen) atoms. The number of furan rings is 1. The first-order valence-electron chi connectivity index (χ1n) is 10.8. The van der Waals surface area contributed by atoms with Crippen molar-refractivity contribution in [2.24, 2.45) is 5.41 Å². The van der Waals surface area contributed by atoms with Crippen molar-refractivity contribution in [2.75, 3.05) is 6.61 Å². The molecule has 0 amide bonds. The summed E-state index contributed by atoms with van der Waals surface area (Å²) in [5.74, 6) is 0.347. The summed E-state index contributed by atoms with van der Waals surface area (Å²) in [7, 11) is 0. The summed E-state index contributed by atoms with van der Waals surface area (Å²) < 4.78 is 11.6. The van der Waals surface area contributed by atoms with Crippen LogP contribution in [-0.2, 0) is 14.3 Å². The fourth-order valence-electron chi connectivity index (χ4n) is 4.58. The van der Waals surface area contributed by atoms with Crippen molar-refractivity contribution < 1.29 is 18.7 Å². The predicted octanol–water partition coefficient (Wildman–Crippen LogP) is 5.42. The zero-order valence-electron chi connectivity index (χ0n) is 18.8. The van der Waals surface area contributed by atoms with Crippen molar-refractivity contribution in [3.8, 4) is 11.3 Å². The van der Waals surface area contributed by atoms with Gasteiger partial charge in [-0.05, 0) is 44.7 Å². The van der Waals surface area contributed by atoms with Crippen molar-refractivity contribution in [1.82, 2.24) is 5.32 Å². The molecule has 0 radical (unpaired) electrons. The molecule has 0 spiro atoms. The van der Waals surface area contributed by atoms with E-state index in [1.807, 2.05) is 50.2 Å². The van der Waals surface area contributed by atoms with E-state index in [1.54, 1.807) is 6.92 Å². The average molecular weight is 420 g/mol. The quantitative estimate of drug-likeness (QED) is 0.670. The third-order valence-electron chi connectivity index (χ3n) is 5.98. The molecular formula is C26H29NO4. The van der Waals surface area contributed by atoms with Gasteiger partial charge < -0.3 is 14.5 Å². The highest BCUT2D eigenvalue weighted by molar-refractivity contribution is 6.04. The number of hydrogen-bond acceptors (Lipinski definition) is 5. The Morgan fingerprint density at radius 2 is 1.84 bits per heavy atom. The predicted molar refractivity (Wildman–Crippen MR) is 119 cm³/mol. The molecule has 1 aromatic heterocycles. The van der Waals surface area contributed by atoms with Crippen LogP contribution >= 0.6 is 0 Å². The maximum absolute atomic E-state index is 13.3. The minimum atomic E-state index is -0.571. The van der Waals surface area contributed by atoms with E-state index in [-0.39, 0.29) is 17.8 Å². The van der Waals surface area contributed by atoms with Crippen LogP contribution in [-0.4, -0.2) is 18.4 Å². The van der Waals surface area contributed by atoms with Crippen molar-refractivity contribution in [3.05, 3.63) is 70.3 Å². The third kappa shape index (κ3) is 3.97. The number of allylic oxidation sites excluding steroid dienone is 3. The van der Waals surface area contributed by atoms with E-state index in [9.17, 15) is 9.59 Å². The number of carbonyl (C=O) groups is 2. The van der Waals surface area contributed by atoms with Gasteiger partial charge in [-0.15, -0.1) is 0 Å². The zero-order valence-corrected chi connectivity index (χ0v) is 18.8. The summed E-state index contributed by atoms with van der Waals surface area (Å²) in [6.45, 7) is 10.1. The van der Waals surface area contributed by atoms with E-state index in [0.29, 0.717) is 34.8 Å². The number of esters is 1. The summed E-state index contributed by atoms with van der Waals surface area (Å²) in [6.07, 6.45) is 1.17. The van der Waals surface area contributed by atoms with Gasteiger partial charge in [-0.3, -0.25) is 4.79 Å². The first kappa shape index (κ1) is 21.2. The van der Waals surface area contributed by atoms with Crippen LogP contribution in [0.1, 0.15) is 57.8 Å². The number of ketones is 1. The van der Waals surface area contributed by atoms with Gasteiger partial charge in [-0.25, -0.2) is 4.79 Å². The Hall–Kier alpha value is -3.08. The molecule has 1 aliphatic carbocycles. The lowest BCUT2D eigenvalue weighted by molar-refractivity contribution is -0.138. The summed E-state index contributed by atoms with van der Waals surface area (Å²) in [4.78, 5) is 26.2. The summed E-state index contributed by atoms with van der Waals surface area (Å²) in [6, 6.07) is 11.8. The maximum atomic E-state index is 13.3. The van der Waals surface area contributed by atoms with Gasteiger partial charge in [0.05, 0.1) is 18.1 Å². The standard InChI is InChI=1S/C26H29NO4/c1-6-30-25(29)22-16(3)27-18-13-26(4,5)14-19(28)23(18)24(22)21-12-11-20(31-21)17-9-7-15(2)8-10-17/h7-12,24,27H,6,13-14H2,1-5H3/t24-/m1/s1. The number of Topliss-reactive ketones (excluding diaryl/α,β-unsaturated/α-hetero) is 1. The Balaban J connectivity index is 1.83. The monoisotopic (exact) mass is 419 g/mol. The van der Waals surface area contributed by atoms with Crippen LogP contribution in [0.15, 0.2) is 63.4 Å². The van der Waals surface area contributed by atoms with Crippen LogP contribution in [0.2, 0.25) is 0 Å². The van der Waals surface area contributed by atoms with Crippen molar-refractivity contribution in [2.45, 2.75) is 53.4 Å².